The summed E-state index contributed by atoms with van der Waals surface area (Å²) in [5.74, 6) is 0.633. The lowest BCUT2D eigenvalue weighted by molar-refractivity contribution is 0.0568. The Morgan fingerprint density at radius 1 is 0.903 bits per heavy atom. The van der Waals surface area contributed by atoms with Crippen molar-refractivity contribution in [3.05, 3.63) is 54.3 Å². The number of likely N-dealkylation sites (tertiary alicyclic amines) is 1. The van der Waals surface area contributed by atoms with E-state index in [9.17, 15) is 12.8 Å². The smallest absolute Gasteiger partial charge is 0.243 e. The van der Waals surface area contributed by atoms with Gasteiger partial charge in [0.15, 0.2) is 11.6 Å². The van der Waals surface area contributed by atoms with Crippen molar-refractivity contribution in [2.75, 3.05) is 33.3 Å². The first-order valence-corrected chi connectivity index (χ1v) is 12.2. The third kappa shape index (κ3) is 5.02. The summed E-state index contributed by atoms with van der Waals surface area (Å²) in [6.07, 6.45) is 3.34. The van der Waals surface area contributed by atoms with E-state index in [2.05, 4.69) is 4.90 Å². The minimum Gasteiger partial charge on any atom is -0.497 e. The first-order valence-electron chi connectivity index (χ1n) is 10.8. The molecule has 0 saturated carbocycles. The van der Waals surface area contributed by atoms with Gasteiger partial charge in [-0.25, -0.2) is 12.8 Å². The molecule has 2 saturated heterocycles. The molecule has 0 aromatic heterocycles. The molecule has 0 unspecified atom stereocenters. The molecule has 0 radical (unpaired) electrons. The van der Waals surface area contributed by atoms with E-state index in [0.29, 0.717) is 35.5 Å². The standard InChI is InChI=1S/C23H29FN2O4S/c1-29-19-6-8-21(9-7-19)31(27,28)26-16-10-18(11-17-26)25-14-12-20(13-15-25)30-23-5-3-2-4-22(23)24/h2-9,18,20H,10-17H2,1H3. The van der Waals surface area contributed by atoms with Gasteiger partial charge >= 0.3 is 0 Å². The van der Waals surface area contributed by atoms with Gasteiger partial charge in [-0.2, -0.15) is 4.31 Å². The molecule has 168 valence electrons. The van der Waals surface area contributed by atoms with Crippen molar-refractivity contribution in [2.24, 2.45) is 0 Å². The summed E-state index contributed by atoms with van der Waals surface area (Å²) >= 11 is 0. The molecule has 0 amide bonds. The number of piperidine rings is 2. The number of nitrogens with zero attached hydrogens (tertiary/aromatic N) is 2. The second kappa shape index (κ2) is 9.54. The first kappa shape index (κ1) is 22.0. The third-order valence-corrected chi connectivity index (χ3v) is 8.16. The fourth-order valence-corrected chi connectivity index (χ4v) is 5.89. The fraction of sp³-hybridized carbons (Fsp3) is 0.478. The van der Waals surface area contributed by atoms with Crippen LogP contribution in [-0.2, 0) is 10.0 Å². The van der Waals surface area contributed by atoms with Crippen LogP contribution in [0.1, 0.15) is 25.7 Å². The zero-order valence-electron chi connectivity index (χ0n) is 17.7. The van der Waals surface area contributed by atoms with E-state index >= 15 is 0 Å². The summed E-state index contributed by atoms with van der Waals surface area (Å²) in [6.45, 7) is 2.80. The maximum absolute atomic E-state index is 13.8. The summed E-state index contributed by atoms with van der Waals surface area (Å²) in [6, 6.07) is 13.4. The van der Waals surface area contributed by atoms with Gasteiger partial charge in [0.05, 0.1) is 12.0 Å². The van der Waals surface area contributed by atoms with E-state index in [1.807, 2.05) is 0 Å². The van der Waals surface area contributed by atoms with Gasteiger partial charge in [-0.1, -0.05) is 12.1 Å². The second-order valence-corrected chi connectivity index (χ2v) is 10.0. The molecular formula is C23H29FN2O4S. The van der Waals surface area contributed by atoms with Crippen LogP contribution < -0.4 is 9.47 Å². The Morgan fingerprint density at radius 3 is 2.16 bits per heavy atom. The van der Waals surface area contributed by atoms with Gasteiger partial charge in [-0.3, -0.25) is 0 Å². The van der Waals surface area contributed by atoms with Crippen molar-refractivity contribution >= 4 is 10.0 Å². The van der Waals surface area contributed by atoms with Crippen LogP contribution in [0.5, 0.6) is 11.5 Å². The van der Waals surface area contributed by atoms with Crippen LogP contribution >= 0.6 is 0 Å². The summed E-state index contributed by atoms with van der Waals surface area (Å²) < 4.78 is 52.2. The quantitative estimate of drug-likeness (QED) is 0.677. The van der Waals surface area contributed by atoms with Crippen LogP contribution in [0.3, 0.4) is 0 Å². The highest BCUT2D eigenvalue weighted by Gasteiger charge is 2.33. The average Bonchev–Trinajstić information content (AvgIpc) is 2.81. The fourth-order valence-electron chi connectivity index (χ4n) is 4.42. The molecule has 2 fully saturated rings. The minimum absolute atomic E-state index is 0.0173. The first-order chi connectivity index (χ1) is 15.0. The highest BCUT2D eigenvalue weighted by atomic mass is 32.2. The third-order valence-electron chi connectivity index (χ3n) is 6.24. The number of para-hydroxylation sites is 1. The molecule has 2 aliphatic heterocycles. The number of benzene rings is 2. The van der Waals surface area contributed by atoms with Gasteiger partial charge in [0.25, 0.3) is 0 Å². The van der Waals surface area contributed by atoms with Crippen molar-refractivity contribution in [3.63, 3.8) is 0 Å². The van der Waals surface area contributed by atoms with Crippen LogP contribution in [0.2, 0.25) is 0 Å². The van der Waals surface area contributed by atoms with E-state index in [1.165, 1.54) is 6.07 Å². The molecule has 2 heterocycles. The largest absolute Gasteiger partial charge is 0.497 e. The predicted octanol–water partition coefficient (Wildman–Crippen LogP) is 3.53. The van der Waals surface area contributed by atoms with Crippen molar-refractivity contribution in [2.45, 2.75) is 42.7 Å². The molecule has 31 heavy (non-hydrogen) atoms. The van der Waals surface area contributed by atoms with E-state index in [4.69, 9.17) is 9.47 Å². The second-order valence-electron chi connectivity index (χ2n) is 8.09. The van der Waals surface area contributed by atoms with Crippen LogP contribution in [0.4, 0.5) is 4.39 Å². The number of sulfonamides is 1. The molecule has 6 nitrogen and oxygen atoms in total. The van der Waals surface area contributed by atoms with Gasteiger partial charge in [0.2, 0.25) is 10.0 Å². The monoisotopic (exact) mass is 448 g/mol. The van der Waals surface area contributed by atoms with Crippen molar-refractivity contribution < 1.29 is 22.3 Å². The zero-order valence-corrected chi connectivity index (χ0v) is 18.6. The number of rotatable bonds is 6. The lowest BCUT2D eigenvalue weighted by atomic mass is 10.00. The Kier molecular flexibility index (Phi) is 6.79. The Morgan fingerprint density at radius 2 is 1.55 bits per heavy atom. The number of ether oxygens (including phenoxy) is 2. The van der Waals surface area contributed by atoms with E-state index in [0.717, 1.165) is 38.8 Å². The highest BCUT2D eigenvalue weighted by molar-refractivity contribution is 7.89. The molecule has 4 rings (SSSR count). The summed E-state index contributed by atoms with van der Waals surface area (Å²) in [5.41, 5.74) is 0. The Bertz CT molecular complexity index is 967. The van der Waals surface area contributed by atoms with Crippen LogP contribution in [-0.4, -0.2) is 63.1 Å². The molecule has 8 heteroatoms. The molecule has 2 aromatic rings. The number of methoxy groups -OCH3 is 1. The van der Waals surface area contributed by atoms with Gasteiger partial charge in [-0.15, -0.1) is 0 Å². The maximum Gasteiger partial charge on any atom is 0.243 e. The van der Waals surface area contributed by atoms with E-state index in [1.54, 1.807) is 53.9 Å². The predicted molar refractivity (Wildman–Crippen MR) is 116 cm³/mol. The lowest BCUT2D eigenvalue weighted by Gasteiger charge is -2.41. The van der Waals surface area contributed by atoms with Gasteiger partial charge in [-0.05, 0) is 62.1 Å². The molecule has 0 N–H and O–H groups in total. The molecule has 2 aromatic carbocycles. The molecule has 0 atom stereocenters. The molecule has 0 spiro atoms. The molecule has 2 aliphatic rings. The van der Waals surface area contributed by atoms with Crippen LogP contribution in [0, 0.1) is 5.82 Å². The molecule has 0 bridgehead atoms. The van der Waals surface area contributed by atoms with Crippen LogP contribution in [0.25, 0.3) is 0 Å². The van der Waals surface area contributed by atoms with Crippen molar-refractivity contribution in [1.29, 1.82) is 0 Å². The Hall–Kier alpha value is -2.16. The zero-order chi connectivity index (χ0) is 21.8. The van der Waals surface area contributed by atoms with E-state index in [-0.39, 0.29) is 11.9 Å². The normalized spacial score (nSPS) is 19.9. The topological polar surface area (TPSA) is 59.1 Å². The summed E-state index contributed by atoms with van der Waals surface area (Å²) in [7, 11) is -1.93. The Balaban J connectivity index is 1.28. The van der Waals surface area contributed by atoms with Gasteiger partial charge in [0, 0.05) is 32.2 Å². The molecular weight excluding hydrogens is 419 g/mol. The number of hydrogen-bond acceptors (Lipinski definition) is 5. The molecule has 0 aliphatic carbocycles. The summed E-state index contributed by atoms with van der Waals surface area (Å²) in [5, 5.41) is 0. The summed E-state index contributed by atoms with van der Waals surface area (Å²) in [4.78, 5) is 2.73. The van der Waals surface area contributed by atoms with E-state index < -0.39 is 10.0 Å². The van der Waals surface area contributed by atoms with Gasteiger partial charge < -0.3 is 14.4 Å². The SMILES string of the molecule is COc1ccc(S(=O)(=O)N2CCC(N3CCC(Oc4ccccc4F)CC3)CC2)cc1. The van der Waals surface area contributed by atoms with Crippen LogP contribution in [0.15, 0.2) is 53.4 Å². The highest BCUT2D eigenvalue weighted by Crippen LogP contribution is 2.27. The minimum atomic E-state index is -3.48. The number of halogens is 1. The van der Waals surface area contributed by atoms with Crippen molar-refractivity contribution in [3.8, 4) is 11.5 Å². The number of hydrogen-bond donors (Lipinski definition) is 0. The van der Waals surface area contributed by atoms with Gasteiger partial charge in [0.1, 0.15) is 11.9 Å². The Labute approximate surface area is 183 Å². The van der Waals surface area contributed by atoms with Crippen molar-refractivity contribution in [1.82, 2.24) is 9.21 Å². The lowest BCUT2D eigenvalue weighted by Crippen LogP contribution is -2.50. The maximum atomic E-state index is 13.8. The average molecular weight is 449 g/mol.